The van der Waals surface area contributed by atoms with Crippen molar-refractivity contribution in [3.8, 4) is 6.07 Å². The summed E-state index contributed by atoms with van der Waals surface area (Å²) in [5.41, 5.74) is -0.661. The number of nitrogens with zero attached hydrogens (tertiary/aromatic N) is 1. The van der Waals surface area contributed by atoms with Gasteiger partial charge in [-0.3, -0.25) is 4.79 Å². The highest BCUT2D eigenvalue weighted by molar-refractivity contribution is 6.07. The lowest BCUT2D eigenvalue weighted by Crippen LogP contribution is -2.21. The van der Waals surface area contributed by atoms with E-state index in [1.54, 1.807) is 0 Å². The Labute approximate surface area is 94.0 Å². The van der Waals surface area contributed by atoms with Crippen LogP contribution in [-0.2, 0) is 9.59 Å². The molecule has 0 rings (SSSR count). The van der Waals surface area contributed by atoms with Crippen molar-refractivity contribution in [2.45, 2.75) is 39.2 Å². The Morgan fingerprint density at radius 3 is 2.31 bits per heavy atom. The summed E-state index contributed by atoms with van der Waals surface area (Å²) in [6, 6.07) is 1.49. The lowest BCUT2D eigenvalue weighted by molar-refractivity contribution is -0.133. The molecule has 88 valence electrons. The van der Waals surface area contributed by atoms with Crippen molar-refractivity contribution in [3.63, 3.8) is 0 Å². The molecular formula is C11H15NO4. The van der Waals surface area contributed by atoms with E-state index in [1.165, 1.54) is 13.0 Å². The van der Waals surface area contributed by atoms with Crippen LogP contribution in [0, 0.1) is 11.3 Å². The van der Waals surface area contributed by atoms with Gasteiger partial charge in [0.2, 0.25) is 0 Å². The van der Waals surface area contributed by atoms with Gasteiger partial charge in [-0.05, 0) is 19.8 Å². The lowest BCUT2D eigenvalue weighted by atomic mass is 9.96. The number of aliphatic hydroxyl groups is 1. The zero-order valence-electron chi connectivity index (χ0n) is 9.36. The van der Waals surface area contributed by atoms with E-state index in [0.29, 0.717) is 6.42 Å². The zero-order valence-corrected chi connectivity index (χ0v) is 9.36. The topological polar surface area (TPSA) is 98.4 Å². The van der Waals surface area contributed by atoms with E-state index >= 15 is 0 Å². The van der Waals surface area contributed by atoms with Crippen LogP contribution in [0.5, 0.6) is 0 Å². The van der Waals surface area contributed by atoms with E-state index in [2.05, 4.69) is 0 Å². The van der Waals surface area contributed by atoms with Crippen LogP contribution in [-0.4, -0.2) is 28.1 Å². The maximum atomic E-state index is 11.5. The number of nitriles is 1. The van der Waals surface area contributed by atoms with Crippen molar-refractivity contribution in [1.29, 1.82) is 5.26 Å². The van der Waals surface area contributed by atoms with Gasteiger partial charge in [-0.25, -0.2) is 4.79 Å². The van der Waals surface area contributed by atoms with E-state index in [9.17, 15) is 9.59 Å². The second-order valence-corrected chi connectivity index (χ2v) is 3.41. The smallest absolute Gasteiger partial charge is 0.346 e. The number of carboxylic acids is 1. The number of carboxylic acid groups (broad SMARTS) is 1. The quantitative estimate of drug-likeness (QED) is 0.519. The minimum atomic E-state index is -1.43. The number of aliphatic carboxylic acids is 1. The molecule has 0 fully saturated rings. The molecule has 0 aromatic heterocycles. The van der Waals surface area contributed by atoms with Crippen LogP contribution >= 0.6 is 0 Å². The number of Topliss-reactive ketones (excluding diaryl/α,β-unsaturated/α-hetero) is 1. The summed E-state index contributed by atoms with van der Waals surface area (Å²) in [5.74, 6) is -2.12. The number of ketones is 1. The van der Waals surface area contributed by atoms with Gasteiger partial charge in [0.1, 0.15) is 17.7 Å². The molecular weight excluding hydrogens is 210 g/mol. The predicted octanol–water partition coefficient (Wildman–Crippen LogP) is 1.03. The summed E-state index contributed by atoms with van der Waals surface area (Å²) in [6.45, 7) is 3.14. The van der Waals surface area contributed by atoms with E-state index in [-0.39, 0.29) is 12.0 Å². The third-order valence-corrected chi connectivity index (χ3v) is 2.08. The summed E-state index contributed by atoms with van der Waals surface area (Å²) in [7, 11) is 0. The molecule has 0 radical (unpaired) electrons. The summed E-state index contributed by atoms with van der Waals surface area (Å²) >= 11 is 0. The molecule has 0 aromatic carbocycles. The van der Waals surface area contributed by atoms with Gasteiger partial charge < -0.3 is 10.2 Å². The maximum Gasteiger partial charge on any atom is 0.346 e. The molecule has 0 saturated carbocycles. The molecule has 16 heavy (non-hydrogen) atoms. The van der Waals surface area contributed by atoms with E-state index in [4.69, 9.17) is 15.5 Å². The van der Waals surface area contributed by atoms with Gasteiger partial charge in [0, 0.05) is 5.57 Å². The molecule has 0 aliphatic rings. The van der Waals surface area contributed by atoms with E-state index in [0.717, 1.165) is 6.42 Å². The first kappa shape index (κ1) is 14.3. The minimum absolute atomic E-state index is 0.0909. The van der Waals surface area contributed by atoms with Crippen LogP contribution in [0.1, 0.15) is 33.1 Å². The molecule has 5 heteroatoms. The number of carbonyl (C=O) groups is 2. The fourth-order valence-electron chi connectivity index (χ4n) is 1.22. The van der Waals surface area contributed by atoms with Crippen molar-refractivity contribution < 1.29 is 19.8 Å². The molecule has 1 atom stereocenters. The highest BCUT2D eigenvalue weighted by Crippen LogP contribution is 2.16. The first-order valence-corrected chi connectivity index (χ1v) is 5.04. The third kappa shape index (κ3) is 3.83. The Morgan fingerprint density at radius 1 is 1.44 bits per heavy atom. The maximum absolute atomic E-state index is 11.5. The first-order valence-electron chi connectivity index (χ1n) is 5.04. The SMILES string of the molecule is CCCCC(C(=O)C(C)O)=C(C#N)C(=O)O. The molecule has 0 aliphatic heterocycles. The monoisotopic (exact) mass is 225 g/mol. The number of hydrogen-bond donors (Lipinski definition) is 2. The molecule has 0 spiro atoms. The van der Waals surface area contributed by atoms with Gasteiger partial charge in [0.25, 0.3) is 0 Å². The normalized spacial score (nSPS) is 13.6. The molecule has 0 bridgehead atoms. The van der Waals surface area contributed by atoms with Gasteiger partial charge >= 0.3 is 5.97 Å². The Bertz CT molecular complexity index is 349. The van der Waals surface area contributed by atoms with Crippen LogP contribution in [0.15, 0.2) is 11.1 Å². The summed E-state index contributed by atoms with van der Waals surface area (Å²) in [4.78, 5) is 22.3. The number of carbonyl (C=O) groups excluding carboxylic acids is 1. The van der Waals surface area contributed by atoms with Crippen LogP contribution in [0.3, 0.4) is 0 Å². The summed E-state index contributed by atoms with van der Waals surface area (Å²) in [6.07, 6.45) is 0.297. The first-order chi connectivity index (χ1) is 7.45. The van der Waals surface area contributed by atoms with Gasteiger partial charge in [0.05, 0.1) is 0 Å². The van der Waals surface area contributed by atoms with Crippen LogP contribution in [0.4, 0.5) is 0 Å². The highest BCUT2D eigenvalue weighted by Gasteiger charge is 2.22. The summed E-state index contributed by atoms with van der Waals surface area (Å²) < 4.78 is 0. The van der Waals surface area contributed by atoms with Crippen molar-refractivity contribution in [2.75, 3.05) is 0 Å². The zero-order chi connectivity index (χ0) is 12.7. The summed E-state index contributed by atoms with van der Waals surface area (Å²) in [5, 5.41) is 26.6. The van der Waals surface area contributed by atoms with E-state index < -0.39 is 23.4 Å². The Hall–Kier alpha value is -1.67. The van der Waals surface area contributed by atoms with Crippen molar-refractivity contribution in [3.05, 3.63) is 11.1 Å². The molecule has 1 unspecified atom stereocenters. The standard InChI is InChI=1S/C11H15NO4/c1-3-4-5-8(10(14)7(2)13)9(6-12)11(15)16/h7,13H,3-5H2,1-2H3,(H,15,16). The molecule has 0 amide bonds. The van der Waals surface area contributed by atoms with Crippen LogP contribution < -0.4 is 0 Å². The molecule has 0 aromatic rings. The second-order valence-electron chi connectivity index (χ2n) is 3.41. The average molecular weight is 225 g/mol. The van der Waals surface area contributed by atoms with Crippen LogP contribution in [0.25, 0.3) is 0 Å². The predicted molar refractivity (Wildman–Crippen MR) is 56.5 cm³/mol. The lowest BCUT2D eigenvalue weighted by Gasteiger charge is -2.08. The third-order valence-electron chi connectivity index (χ3n) is 2.08. The van der Waals surface area contributed by atoms with Gasteiger partial charge in [-0.2, -0.15) is 5.26 Å². The number of hydrogen-bond acceptors (Lipinski definition) is 4. The Balaban J connectivity index is 5.29. The average Bonchev–Trinajstić information content (AvgIpc) is 2.22. The molecule has 0 heterocycles. The Kier molecular flexibility index (Phi) is 6.04. The largest absolute Gasteiger partial charge is 0.477 e. The molecule has 0 saturated heterocycles. The minimum Gasteiger partial charge on any atom is -0.477 e. The van der Waals surface area contributed by atoms with Crippen molar-refractivity contribution in [1.82, 2.24) is 0 Å². The van der Waals surface area contributed by atoms with Crippen LogP contribution in [0.2, 0.25) is 0 Å². The fraction of sp³-hybridized carbons (Fsp3) is 0.545. The molecule has 5 nitrogen and oxygen atoms in total. The van der Waals surface area contributed by atoms with Gasteiger partial charge in [-0.1, -0.05) is 13.3 Å². The highest BCUT2D eigenvalue weighted by atomic mass is 16.4. The van der Waals surface area contributed by atoms with Crippen molar-refractivity contribution in [2.24, 2.45) is 0 Å². The number of aliphatic hydroxyl groups excluding tert-OH is 1. The van der Waals surface area contributed by atoms with Crippen molar-refractivity contribution >= 4 is 11.8 Å². The second kappa shape index (κ2) is 6.75. The van der Waals surface area contributed by atoms with Gasteiger partial charge in [-0.15, -0.1) is 0 Å². The number of unbranched alkanes of at least 4 members (excludes halogenated alkanes) is 1. The number of rotatable bonds is 6. The molecule has 2 N–H and O–H groups in total. The van der Waals surface area contributed by atoms with Gasteiger partial charge in [0.15, 0.2) is 5.78 Å². The molecule has 0 aliphatic carbocycles. The fourth-order valence-corrected chi connectivity index (χ4v) is 1.22. The van der Waals surface area contributed by atoms with E-state index in [1.807, 2.05) is 6.92 Å². The Morgan fingerprint density at radius 2 is 2.00 bits per heavy atom.